The standard InChI is InChI=1S/C22H22Cl2N2O3S2/c1-29-20-5-3-2-4-15(20)12-17-14-30-22(25-17)26-10-8-18(9-11-26)31(27,28)21-7-6-16(23)13-19(21)24/h2-7,13-14,18H,8-12H2,1H3. The molecule has 0 radical (unpaired) electrons. The molecular weight excluding hydrogens is 475 g/mol. The maximum Gasteiger partial charge on any atom is 0.185 e. The second-order valence-corrected chi connectivity index (χ2v) is 11.3. The van der Waals surface area contributed by atoms with E-state index in [0.29, 0.717) is 37.4 Å². The summed E-state index contributed by atoms with van der Waals surface area (Å²) in [4.78, 5) is 7.09. The van der Waals surface area contributed by atoms with Gasteiger partial charge in [0.15, 0.2) is 15.0 Å². The first kappa shape index (κ1) is 22.4. The fourth-order valence-electron chi connectivity index (χ4n) is 3.81. The highest BCUT2D eigenvalue weighted by molar-refractivity contribution is 7.92. The van der Waals surface area contributed by atoms with E-state index in [2.05, 4.69) is 10.3 Å². The molecule has 0 unspecified atom stereocenters. The van der Waals surface area contributed by atoms with Crippen molar-refractivity contribution in [3.8, 4) is 5.75 Å². The van der Waals surface area contributed by atoms with Gasteiger partial charge in [-0.25, -0.2) is 13.4 Å². The Morgan fingerprint density at radius 2 is 1.90 bits per heavy atom. The van der Waals surface area contributed by atoms with Gasteiger partial charge in [-0.05, 0) is 37.1 Å². The molecule has 1 fully saturated rings. The first-order chi connectivity index (χ1) is 14.9. The van der Waals surface area contributed by atoms with Crippen LogP contribution in [-0.4, -0.2) is 38.9 Å². The van der Waals surface area contributed by atoms with Crippen LogP contribution in [-0.2, 0) is 16.3 Å². The van der Waals surface area contributed by atoms with E-state index in [1.165, 1.54) is 12.1 Å². The van der Waals surface area contributed by atoms with Gasteiger partial charge in [0.05, 0.1) is 28.0 Å². The van der Waals surface area contributed by atoms with E-state index in [9.17, 15) is 8.42 Å². The topological polar surface area (TPSA) is 59.5 Å². The number of halogens is 2. The quantitative estimate of drug-likeness (QED) is 0.451. The van der Waals surface area contributed by atoms with E-state index in [4.69, 9.17) is 32.9 Å². The molecule has 31 heavy (non-hydrogen) atoms. The molecule has 0 N–H and O–H groups in total. The molecule has 1 saturated heterocycles. The van der Waals surface area contributed by atoms with E-state index < -0.39 is 15.1 Å². The summed E-state index contributed by atoms with van der Waals surface area (Å²) < 4.78 is 31.5. The number of rotatable bonds is 6. The van der Waals surface area contributed by atoms with Crippen LogP contribution in [0.15, 0.2) is 52.7 Å². The third-order valence-electron chi connectivity index (χ3n) is 5.46. The predicted octanol–water partition coefficient (Wildman–Crippen LogP) is 5.49. The van der Waals surface area contributed by atoms with Crippen LogP contribution in [0, 0.1) is 0 Å². The van der Waals surface area contributed by atoms with E-state index in [0.717, 1.165) is 22.1 Å². The molecule has 0 spiro atoms. The van der Waals surface area contributed by atoms with Crippen LogP contribution in [0.1, 0.15) is 24.1 Å². The molecule has 1 aromatic heterocycles. The van der Waals surface area contributed by atoms with E-state index in [1.807, 2.05) is 24.3 Å². The van der Waals surface area contributed by atoms with E-state index in [1.54, 1.807) is 24.5 Å². The molecule has 5 nitrogen and oxygen atoms in total. The predicted molar refractivity (Wildman–Crippen MR) is 127 cm³/mol. The van der Waals surface area contributed by atoms with Crippen LogP contribution < -0.4 is 9.64 Å². The maximum absolute atomic E-state index is 13.1. The minimum atomic E-state index is -3.51. The fraction of sp³-hybridized carbons (Fsp3) is 0.318. The number of piperidine rings is 1. The van der Waals surface area contributed by atoms with Crippen molar-refractivity contribution in [1.82, 2.24) is 4.98 Å². The zero-order valence-corrected chi connectivity index (χ0v) is 20.1. The van der Waals surface area contributed by atoms with Crippen LogP contribution in [0.3, 0.4) is 0 Å². The van der Waals surface area contributed by atoms with Crippen LogP contribution in [0.25, 0.3) is 0 Å². The third kappa shape index (κ3) is 4.85. The third-order valence-corrected chi connectivity index (χ3v) is 9.38. The largest absolute Gasteiger partial charge is 0.496 e. The lowest BCUT2D eigenvalue weighted by atomic mass is 10.1. The minimum absolute atomic E-state index is 0.158. The minimum Gasteiger partial charge on any atom is -0.496 e. The van der Waals surface area contributed by atoms with Gasteiger partial charge in [0.1, 0.15) is 5.75 Å². The Bertz CT molecular complexity index is 1170. The van der Waals surface area contributed by atoms with Gasteiger partial charge in [0.2, 0.25) is 0 Å². The molecule has 0 saturated carbocycles. The van der Waals surface area contributed by atoms with Gasteiger partial charge >= 0.3 is 0 Å². The summed E-state index contributed by atoms with van der Waals surface area (Å²) in [6.07, 6.45) is 1.76. The second-order valence-electron chi connectivity index (χ2n) is 7.42. The van der Waals surface area contributed by atoms with Gasteiger partial charge in [-0.2, -0.15) is 0 Å². The van der Waals surface area contributed by atoms with Gasteiger partial charge in [0.25, 0.3) is 0 Å². The lowest BCUT2D eigenvalue weighted by Crippen LogP contribution is -2.39. The van der Waals surface area contributed by atoms with Crippen LogP contribution in [0.2, 0.25) is 10.0 Å². The number of hydrogen-bond acceptors (Lipinski definition) is 6. The van der Waals surface area contributed by atoms with Gasteiger partial charge in [-0.1, -0.05) is 41.4 Å². The second kappa shape index (κ2) is 9.36. The summed E-state index contributed by atoms with van der Waals surface area (Å²) in [5.41, 5.74) is 2.07. The molecule has 0 aliphatic carbocycles. The zero-order chi connectivity index (χ0) is 22.0. The van der Waals surface area contributed by atoms with E-state index in [-0.39, 0.29) is 9.92 Å². The Morgan fingerprint density at radius 1 is 1.16 bits per heavy atom. The molecule has 4 rings (SSSR count). The summed E-state index contributed by atoms with van der Waals surface area (Å²) in [7, 11) is -1.84. The molecule has 0 bridgehead atoms. The molecule has 2 aromatic carbocycles. The van der Waals surface area contributed by atoms with Crippen molar-refractivity contribution in [3.63, 3.8) is 0 Å². The van der Waals surface area contributed by atoms with Crippen molar-refractivity contribution in [3.05, 3.63) is 69.1 Å². The molecule has 3 aromatic rings. The normalized spacial score (nSPS) is 15.3. The Balaban J connectivity index is 1.42. The highest BCUT2D eigenvalue weighted by atomic mass is 35.5. The molecule has 1 aliphatic rings. The summed E-state index contributed by atoms with van der Waals surface area (Å²) >= 11 is 13.7. The number of thiazole rings is 1. The summed E-state index contributed by atoms with van der Waals surface area (Å²) in [5.74, 6) is 0.851. The molecule has 9 heteroatoms. The first-order valence-electron chi connectivity index (χ1n) is 9.88. The lowest BCUT2D eigenvalue weighted by Gasteiger charge is -2.31. The molecule has 2 heterocycles. The molecule has 1 aliphatic heterocycles. The number of aromatic nitrogens is 1. The molecule has 164 valence electrons. The van der Waals surface area contributed by atoms with Crippen molar-refractivity contribution < 1.29 is 13.2 Å². The van der Waals surface area contributed by atoms with E-state index >= 15 is 0 Å². The summed E-state index contributed by atoms with van der Waals surface area (Å²) in [6.45, 7) is 1.27. The molecular formula is C22H22Cl2N2O3S2. The monoisotopic (exact) mass is 496 g/mol. The number of methoxy groups -OCH3 is 1. The van der Waals surface area contributed by atoms with Crippen molar-refractivity contribution >= 4 is 49.5 Å². The summed E-state index contributed by atoms with van der Waals surface area (Å²) in [5, 5.41) is 3.11. The Labute approximate surface area is 196 Å². The van der Waals surface area contributed by atoms with Gasteiger partial charge in [-0.3, -0.25) is 0 Å². The number of hydrogen-bond donors (Lipinski definition) is 0. The molecule has 0 atom stereocenters. The lowest BCUT2D eigenvalue weighted by molar-refractivity contribution is 0.410. The Hall–Kier alpha value is -1.80. The van der Waals surface area contributed by atoms with Gasteiger partial charge < -0.3 is 9.64 Å². The Morgan fingerprint density at radius 3 is 2.61 bits per heavy atom. The number of benzene rings is 2. The smallest absolute Gasteiger partial charge is 0.185 e. The fourth-order valence-corrected chi connectivity index (χ4v) is 7.20. The zero-order valence-electron chi connectivity index (χ0n) is 16.9. The summed E-state index contributed by atoms with van der Waals surface area (Å²) in [6, 6.07) is 12.5. The highest BCUT2D eigenvalue weighted by Gasteiger charge is 2.33. The average molecular weight is 497 g/mol. The van der Waals surface area contributed by atoms with Gasteiger partial charge in [-0.15, -0.1) is 11.3 Å². The van der Waals surface area contributed by atoms with Crippen molar-refractivity contribution in [2.24, 2.45) is 0 Å². The SMILES string of the molecule is COc1ccccc1Cc1csc(N2CCC(S(=O)(=O)c3ccc(Cl)cc3Cl)CC2)n1. The number of ether oxygens (including phenoxy) is 1. The van der Waals surface area contributed by atoms with Crippen molar-refractivity contribution in [2.45, 2.75) is 29.4 Å². The Kier molecular flexibility index (Phi) is 6.77. The van der Waals surface area contributed by atoms with Gasteiger partial charge in [0, 0.05) is 35.5 Å². The van der Waals surface area contributed by atoms with Crippen molar-refractivity contribution in [1.29, 1.82) is 0 Å². The van der Waals surface area contributed by atoms with Crippen LogP contribution >= 0.6 is 34.5 Å². The number of nitrogens with zero attached hydrogens (tertiary/aromatic N) is 2. The maximum atomic E-state index is 13.1. The number of anilines is 1. The molecule has 0 amide bonds. The average Bonchev–Trinajstić information content (AvgIpc) is 3.22. The number of para-hydroxylation sites is 1. The number of sulfone groups is 1. The van der Waals surface area contributed by atoms with Crippen LogP contribution in [0.4, 0.5) is 5.13 Å². The first-order valence-corrected chi connectivity index (χ1v) is 13.1. The van der Waals surface area contributed by atoms with Crippen LogP contribution in [0.5, 0.6) is 5.75 Å². The van der Waals surface area contributed by atoms with Crippen molar-refractivity contribution in [2.75, 3.05) is 25.1 Å². The highest BCUT2D eigenvalue weighted by Crippen LogP contribution is 2.33.